The Bertz CT molecular complexity index is 769. The van der Waals surface area contributed by atoms with Gasteiger partial charge in [-0.3, -0.25) is 27.1 Å². The Morgan fingerprint density at radius 1 is 0.743 bits per heavy atom. The van der Waals surface area contributed by atoms with Crippen LogP contribution in [0.2, 0.25) is 0 Å². The van der Waals surface area contributed by atoms with Crippen molar-refractivity contribution in [3.05, 3.63) is 0 Å². The molecule has 0 bridgehead atoms. The Morgan fingerprint density at radius 2 is 1.17 bits per heavy atom. The van der Waals surface area contributed by atoms with Gasteiger partial charge in [0.05, 0.1) is 44.2 Å². The van der Waals surface area contributed by atoms with Crippen molar-refractivity contribution in [2.75, 3.05) is 34.0 Å². The molecule has 0 amide bonds. The molecule has 3 rings (SSSR count). The standard InChI is InChI=1S/C20H38O13P2/c1-12-6-15(22)19(30-12)10-27-34(23,25-4)33-17-8-14(3)31-20(17)11-28-35(24,26-5)32-16-7-13(2)29-18(16)9-21/h12-22H,6-11H2,1-5H3. The van der Waals surface area contributed by atoms with Crippen LogP contribution >= 0.6 is 15.6 Å². The fourth-order valence-electron chi connectivity index (χ4n) is 4.37. The van der Waals surface area contributed by atoms with Crippen LogP contribution < -0.4 is 0 Å². The van der Waals surface area contributed by atoms with Gasteiger partial charge in [0.25, 0.3) is 0 Å². The Balaban J connectivity index is 1.57. The lowest BCUT2D eigenvalue weighted by atomic mass is 10.1. The molecule has 11 unspecified atom stereocenters. The second-order valence-corrected chi connectivity index (χ2v) is 12.5. The van der Waals surface area contributed by atoms with Gasteiger partial charge in [-0.15, -0.1) is 0 Å². The molecule has 11 atom stereocenters. The third-order valence-electron chi connectivity index (χ3n) is 6.13. The van der Waals surface area contributed by atoms with E-state index in [0.717, 1.165) is 0 Å². The van der Waals surface area contributed by atoms with Crippen molar-refractivity contribution in [2.45, 2.75) is 95.0 Å². The van der Waals surface area contributed by atoms with Gasteiger partial charge in [-0.05, 0) is 20.8 Å². The van der Waals surface area contributed by atoms with E-state index >= 15 is 0 Å². The van der Waals surface area contributed by atoms with E-state index in [1.54, 1.807) is 6.92 Å². The second kappa shape index (κ2) is 12.7. The van der Waals surface area contributed by atoms with E-state index in [1.807, 2.05) is 13.8 Å². The zero-order valence-electron chi connectivity index (χ0n) is 20.7. The van der Waals surface area contributed by atoms with Crippen molar-refractivity contribution in [3.8, 4) is 0 Å². The molecule has 35 heavy (non-hydrogen) atoms. The maximum atomic E-state index is 13.1. The number of ether oxygens (including phenoxy) is 3. The van der Waals surface area contributed by atoms with Gasteiger partial charge in [0.2, 0.25) is 0 Å². The summed E-state index contributed by atoms with van der Waals surface area (Å²) in [5, 5.41) is 19.5. The van der Waals surface area contributed by atoms with Crippen LogP contribution in [-0.4, -0.2) is 99.2 Å². The maximum Gasteiger partial charge on any atom is 0.474 e. The lowest BCUT2D eigenvalue weighted by molar-refractivity contribution is -0.0436. The van der Waals surface area contributed by atoms with E-state index in [-0.39, 0.29) is 38.1 Å². The van der Waals surface area contributed by atoms with Gasteiger partial charge in [0.1, 0.15) is 30.5 Å². The van der Waals surface area contributed by atoms with Crippen LogP contribution in [-0.2, 0) is 50.5 Å². The summed E-state index contributed by atoms with van der Waals surface area (Å²) in [6, 6.07) is 0. The molecular weight excluding hydrogens is 510 g/mol. The highest BCUT2D eigenvalue weighted by atomic mass is 31.2. The van der Waals surface area contributed by atoms with Crippen LogP contribution in [0.5, 0.6) is 0 Å². The molecule has 0 saturated carbocycles. The highest BCUT2D eigenvalue weighted by Gasteiger charge is 2.45. The molecule has 2 N–H and O–H groups in total. The van der Waals surface area contributed by atoms with Gasteiger partial charge in [-0.2, -0.15) is 0 Å². The summed E-state index contributed by atoms with van der Waals surface area (Å²) < 4.78 is 75.2. The molecule has 206 valence electrons. The van der Waals surface area contributed by atoms with Crippen LogP contribution in [0.25, 0.3) is 0 Å². The van der Waals surface area contributed by atoms with Gasteiger partial charge >= 0.3 is 15.6 Å². The molecule has 13 nitrogen and oxygen atoms in total. The zero-order valence-corrected chi connectivity index (χ0v) is 22.5. The number of rotatable bonds is 13. The largest absolute Gasteiger partial charge is 0.474 e. The predicted molar refractivity (Wildman–Crippen MR) is 121 cm³/mol. The number of phosphoric ester groups is 2. The van der Waals surface area contributed by atoms with Gasteiger partial charge in [0, 0.05) is 33.5 Å². The number of hydrogen-bond donors (Lipinski definition) is 2. The highest BCUT2D eigenvalue weighted by Crippen LogP contribution is 2.54. The lowest BCUT2D eigenvalue weighted by Crippen LogP contribution is -2.31. The fraction of sp³-hybridized carbons (Fsp3) is 1.00. The Hall–Kier alpha value is 0.0200. The van der Waals surface area contributed by atoms with E-state index < -0.39 is 52.3 Å². The van der Waals surface area contributed by atoms with Crippen molar-refractivity contribution >= 4 is 15.6 Å². The number of aliphatic hydroxyl groups excluding tert-OH is 2. The number of phosphoric acid groups is 2. The normalized spacial score (nSPS) is 41.2. The van der Waals surface area contributed by atoms with Crippen molar-refractivity contribution in [3.63, 3.8) is 0 Å². The molecule has 0 aromatic heterocycles. The Kier molecular flexibility index (Phi) is 10.7. The number of aliphatic hydroxyl groups is 2. The molecule has 0 radical (unpaired) electrons. The average Bonchev–Trinajstić information content (AvgIpc) is 3.45. The summed E-state index contributed by atoms with van der Waals surface area (Å²) in [7, 11) is -5.68. The molecule has 15 heteroatoms. The first-order chi connectivity index (χ1) is 16.5. The minimum atomic E-state index is -4.03. The van der Waals surface area contributed by atoms with Gasteiger partial charge < -0.3 is 24.4 Å². The van der Waals surface area contributed by atoms with Crippen molar-refractivity contribution in [2.24, 2.45) is 0 Å². The quantitative estimate of drug-likeness (QED) is 0.323. The van der Waals surface area contributed by atoms with Crippen molar-refractivity contribution in [1.29, 1.82) is 0 Å². The van der Waals surface area contributed by atoms with Crippen molar-refractivity contribution in [1.82, 2.24) is 0 Å². The molecule has 3 aliphatic rings. The zero-order chi connectivity index (χ0) is 25.8. The minimum Gasteiger partial charge on any atom is -0.394 e. The van der Waals surface area contributed by atoms with Crippen molar-refractivity contribution < 1.29 is 60.7 Å². The second-order valence-electron chi connectivity index (χ2n) is 9.05. The first-order valence-corrected chi connectivity index (χ1v) is 14.6. The molecule has 0 aromatic carbocycles. The summed E-state index contributed by atoms with van der Waals surface area (Å²) in [6.07, 6.45) is -3.63. The van der Waals surface area contributed by atoms with Crippen LogP contribution in [0.15, 0.2) is 0 Å². The third kappa shape index (κ3) is 8.00. The van der Waals surface area contributed by atoms with E-state index in [2.05, 4.69) is 0 Å². The predicted octanol–water partition coefficient (Wildman–Crippen LogP) is 2.18. The molecule has 0 spiro atoms. The number of hydrogen-bond acceptors (Lipinski definition) is 13. The minimum absolute atomic E-state index is 0.141. The molecule has 3 fully saturated rings. The highest BCUT2D eigenvalue weighted by molar-refractivity contribution is 7.48. The fourth-order valence-corrected chi connectivity index (χ4v) is 6.64. The monoisotopic (exact) mass is 548 g/mol. The summed E-state index contributed by atoms with van der Waals surface area (Å²) >= 11 is 0. The smallest absolute Gasteiger partial charge is 0.394 e. The summed E-state index contributed by atoms with van der Waals surface area (Å²) in [5.74, 6) is 0. The average molecular weight is 548 g/mol. The molecular formula is C20H38O13P2. The summed E-state index contributed by atoms with van der Waals surface area (Å²) in [5.41, 5.74) is 0. The lowest BCUT2D eigenvalue weighted by Gasteiger charge is -2.26. The van der Waals surface area contributed by atoms with Crippen LogP contribution in [0, 0.1) is 0 Å². The van der Waals surface area contributed by atoms with E-state index in [1.165, 1.54) is 14.2 Å². The maximum absolute atomic E-state index is 13.1. The van der Waals surface area contributed by atoms with Gasteiger partial charge in [-0.25, -0.2) is 9.13 Å². The van der Waals surface area contributed by atoms with E-state index in [4.69, 9.17) is 41.4 Å². The van der Waals surface area contributed by atoms with Crippen LogP contribution in [0.3, 0.4) is 0 Å². The Morgan fingerprint density at radius 3 is 1.63 bits per heavy atom. The van der Waals surface area contributed by atoms with Gasteiger partial charge in [0.15, 0.2) is 0 Å². The van der Waals surface area contributed by atoms with Gasteiger partial charge in [-0.1, -0.05) is 0 Å². The van der Waals surface area contributed by atoms with Crippen LogP contribution in [0.4, 0.5) is 0 Å². The third-order valence-corrected chi connectivity index (χ3v) is 9.01. The summed E-state index contributed by atoms with van der Waals surface area (Å²) in [4.78, 5) is 0. The van der Waals surface area contributed by atoms with Crippen LogP contribution in [0.1, 0.15) is 40.0 Å². The topological polar surface area (TPSA) is 158 Å². The van der Waals surface area contributed by atoms with E-state index in [0.29, 0.717) is 19.3 Å². The first kappa shape index (κ1) is 29.6. The molecule has 3 aliphatic heterocycles. The molecule has 3 saturated heterocycles. The molecule has 3 heterocycles. The molecule has 0 aliphatic carbocycles. The summed E-state index contributed by atoms with van der Waals surface area (Å²) in [6.45, 7) is 4.71. The first-order valence-electron chi connectivity index (χ1n) is 11.7. The SMILES string of the molecule is COP(=O)(OCC1OC(C)CC1OP(=O)(OC)OCC1OC(C)CC1O)OC1CC(C)OC1CO. The molecule has 0 aromatic rings. The van der Waals surface area contributed by atoms with E-state index in [9.17, 15) is 19.3 Å². The Labute approximate surface area is 205 Å².